The van der Waals surface area contributed by atoms with Crippen LogP contribution < -0.4 is 5.32 Å². The van der Waals surface area contributed by atoms with Gasteiger partial charge < -0.3 is 5.32 Å². The number of nitrogens with one attached hydrogen (secondary N) is 1. The molecule has 2 nitrogen and oxygen atoms in total. The van der Waals surface area contributed by atoms with E-state index in [1.165, 1.54) is 12.3 Å². The van der Waals surface area contributed by atoms with E-state index >= 15 is 0 Å². The molecule has 0 amide bonds. The molecule has 12 heavy (non-hydrogen) atoms. The zero-order valence-corrected chi connectivity index (χ0v) is 8.59. The molecule has 0 saturated carbocycles. The van der Waals surface area contributed by atoms with Gasteiger partial charge in [0.05, 0.1) is 5.84 Å². The van der Waals surface area contributed by atoms with Gasteiger partial charge in [-0.15, -0.1) is 0 Å². The lowest BCUT2D eigenvalue weighted by atomic mass is 9.98. The standard InChI is InChI=1S/C10H20N2/c1-7(2)9-5-6-11-10(12-9)8(3)4/h7-9H,5-6H2,1-4H3,(H,11,12). The molecule has 0 saturated heterocycles. The molecule has 1 atom stereocenters. The minimum Gasteiger partial charge on any atom is -0.371 e. The van der Waals surface area contributed by atoms with Crippen molar-refractivity contribution in [2.24, 2.45) is 16.8 Å². The molecule has 0 aromatic heterocycles. The summed E-state index contributed by atoms with van der Waals surface area (Å²) in [6, 6.07) is 0.639. The van der Waals surface area contributed by atoms with Crippen LogP contribution in [-0.4, -0.2) is 18.4 Å². The predicted molar refractivity (Wildman–Crippen MR) is 53.5 cm³/mol. The van der Waals surface area contributed by atoms with Crippen LogP contribution in [0.2, 0.25) is 0 Å². The minimum absolute atomic E-state index is 0.548. The number of rotatable bonds is 2. The molecule has 1 rings (SSSR count). The van der Waals surface area contributed by atoms with Crippen molar-refractivity contribution >= 4 is 5.84 Å². The second-order valence-electron chi connectivity index (χ2n) is 4.21. The second kappa shape index (κ2) is 3.92. The summed E-state index contributed by atoms with van der Waals surface area (Å²) in [5.41, 5.74) is 0. The van der Waals surface area contributed by atoms with Crippen molar-refractivity contribution in [2.45, 2.75) is 40.2 Å². The van der Waals surface area contributed by atoms with Crippen molar-refractivity contribution in [2.75, 3.05) is 6.54 Å². The van der Waals surface area contributed by atoms with E-state index in [-0.39, 0.29) is 0 Å². The van der Waals surface area contributed by atoms with Gasteiger partial charge in [0.15, 0.2) is 0 Å². The molecule has 1 heterocycles. The first-order valence-electron chi connectivity index (χ1n) is 4.92. The smallest absolute Gasteiger partial charge is 0.0991 e. The van der Waals surface area contributed by atoms with Crippen molar-refractivity contribution in [3.05, 3.63) is 0 Å². The number of aliphatic imine (C=N–C) groups is 1. The highest BCUT2D eigenvalue weighted by atomic mass is 15.1. The molecule has 1 N–H and O–H groups in total. The summed E-state index contributed by atoms with van der Waals surface area (Å²) < 4.78 is 0. The van der Waals surface area contributed by atoms with Gasteiger partial charge in [0, 0.05) is 18.5 Å². The summed E-state index contributed by atoms with van der Waals surface area (Å²) in [6.07, 6.45) is 1.19. The molecule has 2 heteroatoms. The van der Waals surface area contributed by atoms with E-state index in [1.807, 2.05) is 0 Å². The molecule has 0 fully saturated rings. The Morgan fingerprint density at radius 1 is 1.33 bits per heavy atom. The third-order valence-electron chi connectivity index (χ3n) is 2.41. The van der Waals surface area contributed by atoms with Crippen LogP contribution in [0.25, 0.3) is 0 Å². The van der Waals surface area contributed by atoms with Crippen molar-refractivity contribution in [1.29, 1.82) is 0 Å². The van der Waals surface area contributed by atoms with Crippen LogP contribution in [0.5, 0.6) is 0 Å². The van der Waals surface area contributed by atoms with Crippen LogP contribution in [0.3, 0.4) is 0 Å². The Labute approximate surface area is 75.5 Å². The van der Waals surface area contributed by atoms with Gasteiger partial charge in [-0.1, -0.05) is 27.7 Å². The van der Waals surface area contributed by atoms with Gasteiger partial charge in [-0.05, 0) is 12.3 Å². The van der Waals surface area contributed by atoms with Gasteiger partial charge in [-0.2, -0.15) is 0 Å². The van der Waals surface area contributed by atoms with Crippen LogP contribution in [0, 0.1) is 11.8 Å². The van der Waals surface area contributed by atoms with Gasteiger partial charge in [0.2, 0.25) is 0 Å². The molecule has 0 spiro atoms. The quantitative estimate of drug-likeness (QED) is 0.670. The lowest BCUT2D eigenvalue weighted by molar-refractivity contribution is 0.411. The fraction of sp³-hybridized carbons (Fsp3) is 0.900. The summed E-state index contributed by atoms with van der Waals surface area (Å²) in [7, 11) is 0. The van der Waals surface area contributed by atoms with E-state index in [1.54, 1.807) is 0 Å². The van der Waals surface area contributed by atoms with Crippen molar-refractivity contribution < 1.29 is 0 Å². The largest absolute Gasteiger partial charge is 0.371 e. The number of nitrogens with zero attached hydrogens (tertiary/aromatic N) is 1. The molecule has 0 radical (unpaired) electrons. The van der Waals surface area contributed by atoms with E-state index in [0.29, 0.717) is 17.9 Å². The first-order chi connectivity index (χ1) is 5.61. The first-order valence-corrected chi connectivity index (χ1v) is 4.92. The zero-order valence-electron chi connectivity index (χ0n) is 8.59. The average Bonchev–Trinajstić information content (AvgIpc) is 2.04. The fourth-order valence-corrected chi connectivity index (χ4v) is 1.48. The molecular formula is C10H20N2. The molecular weight excluding hydrogens is 148 g/mol. The van der Waals surface area contributed by atoms with Gasteiger partial charge >= 0.3 is 0 Å². The highest BCUT2D eigenvalue weighted by Gasteiger charge is 2.19. The van der Waals surface area contributed by atoms with Gasteiger partial charge in [-0.25, -0.2) is 0 Å². The maximum absolute atomic E-state index is 4.47. The summed E-state index contributed by atoms with van der Waals surface area (Å²) in [4.78, 5) is 4.47. The maximum Gasteiger partial charge on any atom is 0.0991 e. The second-order valence-corrected chi connectivity index (χ2v) is 4.21. The molecule has 1 aliphatic heterocycles. The van der Waals surface area contributed by atoms with Crippen LogP contribution in [0.1, 0.15) is 34.1 Å². The normalized spacial score (nSPS) is 24.2. The Morgan fingerprint density at radius 3 is 2.50 bits per heavy atom. The first kappa shape index (κ1) is 9.56. The Bertz CT molecular complexity index is 171. The SMILES string of the molecule is CC(C)C1=NCCC(C(C)C)N1. The third kappa shape index (κ3) is 2.23. The van der Waals surface area contributed by atoms with Gasteiger partial charge in [0.25, 0.3) is 0 Å². The highest BCUT2D eigenvalue weighted by molar-refractivity contribution is 5.84. The Hall–Kier alpha value is -0.530. The monoisotopic (exact) mass is 168 g/mol. The maximum atomic E-state index is 4.47. The molecule has 0 aliphatic carbocycles. The topological polar surface area (TPSA) is 24.4 Å². The summed E-state index contributed by atoms with van der Waals surface area (Å²) in [5, 5.41) is 3.50. The van der Waals surface area contributed by atoms with Crippen LogP contribution in [0.15, 0.2) is 4.99 Å². The highest BCUT2D eigenvalue weighted by Crippen LogP contribution is 2.12. The van der Waals surface area contributed by atoms with Crippen molar-refractivity contribution in [3.63, 3.8) is 0 Å². The Kier molecular flexibility index (Phi) is 3.12. The van der Waals surface area contributed by atoms with Crippen LogP contribution >= 0.6 is 0 Å². The number of hydrogen-bond donors (Lipinski definition) is 1. The lowest BCUT2D eigenvalue weighted by Crippen LogP contribution is -2.44. The number of hydrogen-bond acceptors (Lipinski definition) is 2. The number of amidine groups is 1. The fourth-order valence-electron chi connectivity index (χ4n) is 1.48. The molecule has 70 valence electrons. The van der Waals surface area contributed by atoms with E-state index in [0.717, 1.165) is 6.54 Å². The molecule has 0 aromatic carbocycles. The Morgan fingerprint density at radius 2 is 2.00 bits per heavy atom. The zero-order chi connectivity index (χ0) is 9.14. The summed E-state index contributed by atoms with van der Waals surface area (Å²) in [6.45, 7) is 9.91. The van der Waals surface area contributed by atoms with E-state index in [4.69, 9.17) is 0 Å². The average molecular weight is 168 g/mol. The lowest BCUT2D eigenvalue weighted by Gasteiger charge is -2.29. The minimum atomic E-state index is 0.548. The van der Waals surface area contributed by atoms with E-state index in [9.17, 15) is 0 Å². The summed E-state index contributed by atoms with van der Waals surface area (Å²) >= 11 is 0. The molecule has 1 unspecified atom stereocenters. The van der Waals surface area contributed by atoms with Gasteiger partial charge in [-0.3, -0.25) is 4.99 Å². The molecule has 0 bridgehead atoms. The van der Waals surface area contributed by atoms with E-state index in [2.05, 4.69) is 38.0 Å². The summed E-state index contributed by atoms with van der Waals surface area (Å²) in [5.74, 6) is 2.46. The predicted octanol–water partition coefficient (Wildman–Crippen LogP) is 2.06. The van der Waals surface area contributed by atoms with Crippen LogP contribution in [0.4, 0.5) is 0 Å². The van der Waals surface area contributed by atoms with Crippen molar-refractivity contribution in [1.82, 2.24) is 5.32 Å². The third-order valence-corrected chi connectivity index (χ3v) is 2.41. The van der Waals surface area contributed by atoms with Gasteiger partial charge in [0.1, 0.15) is 0 Å². The van der Waals surface area contributed by atoms with Crippen LogP contribution in [-0.2, 0) is 0 Å². The molecule has 0 aromatic rings. The van der Waals surface area contributed by atoms with Crippen molar-refractivity contribution in [3.8, 4) is 0 Å². The molecule has 1 aliphatic rings. The van der Waals surface area contributed by atoms with E-state index < -0.39 is 0 Å². The Balaban J connectivity index is 2.53.